The summed E-state index contributed by atoms with van der Waals surface area (Å²) in [6.07, 6.45) is 4.87. The molecule has 0 aliphatic rings. The molecule has 0 unspecified atom stereocenters. The van der Waals surface area contributed by atoms with Crippen LogP contribution in [0.25, 0.3) is 0 Å². The minimum Gasteiger partial charge on any atom is -0.508 e. The van der Waals surface area contributed by atoms with Crippen LogP contribution in [0.3, 0.4) is 0 Å². The molecule has 4 N–H and O–H groups in total. The first kappa shape index (κ1) is 18.0. The predicted molar refractivity (Wildman–Crippen MR) is 91.0 cm³/mol. The molecule has 5 heteroatoms. The van der Waals surface area contributed by atoms with Crippen LogP contribution in [-0.2, 0) is 6.54 Å². The largest absolute Gasteiger partial charge is 0.508 e. The maximum absolute atomic E-state index is 9.15. The van der Waals surface area contributed by atoms with Crippen molar-refractivity contribution in [1.29, 1.82) is 0 Å². The van der Waals surface area contributed by atoms with Crippen molar-refractivity contribution in [3.63, 3.8) is 0 Å². The Morgan fingerprint density at radius 3 is 2.53 bits per heavy atom. The van der Waals surface area contributed by atoms with Crippen LogP contribution in [0.2, 0.25) is 0 Å². The number of hydrogen-bond acceptors (Lipinski definition) is 2. The summed E-state index contributed by atoms with van der Waals surface area (Å²) in [5.41, 5.74) is 6.79. The number of aliphatic imine (C=N–C) groups is 1. The van der Waals surface area contributed by atoms with Gasteiger partial charge in [0.2, 0.25) is 0 Å². The molecule has 0 fully saturated rings. The molecule has 1 aromatic rings. The molecule has 0 amide bonds. The summed E-state index contributed by atoms with van der Waals surface area (Å²) >= 11 is 0. The second-order valence-corrected chi connectivity index (χ2v) is 4.36. The third kappa shape index (κ3) is 8.69. The molecular weight excluding hydrogens is 353 g/mol. The van der Waals surface area contributed by atoms with E-state index in [1.165, 1.54) is 19.3 Å². The lowest BCUT2D eigenvalue weighted by Gasteiger charge is -2.05. The van der Waals surface area contributed by atoms with Gasteiger partial charge in [0.05, 0.1) is 6.54 Å². The Bertz CT molecular complexity index is 365. The van der Waals surface area contributed by atoms with Crippen molar-refractivity contribution in [2.45, 2.75) is 39.2 Å². The zero-order chi connectivity index (χ0) is 13.2. The minimum atomic E-state index is 0. The molecule has 0 bridgehead atoms. The molecular formula is C14H24IN3O. The average molecular weight is 377 g/mol. The number of unbranched alkanes of at least 4 members (excludes halogenated alkanes) is 3. The number of nitrogens with one attached hydrogen (secondary N) is 1. The fourth-order valence-electron chi connectivity index (χ4n) is 1.60. The SMILES string of the molecule is CCCCCCNC(N)=NCc1ccc(O)cc1.I. The third-order valence-electron chi connectivity index (χ3n) is 2.70. The van der Waals surface area contributed by atoms with Crippen molar-refractivity contribution in [2.75, 3.05) is 6.54 Å². The summed E-state index contributed by atoms with van der Waals surface area (Å²) < 4.78 is 0. The van der Waals surface area contributed by atoms with Crippen LogP contribution in [0.15, 0.2) is 29.3 Å². The summed E-state index contributed by atoms with van der Waals surface area (Å²) in [6, 6.07) is 6.99. The van der Waals surface area contributed by atoms with E-state index in [2.05, 4.69) is 17.2 Å². The van der Waals surface area contributed by atoms with E-state index in [1.807, 2.05) is 12.1 Å². The highest BCUT2D eigenvalue weighted by Crippen LogP contribution is 2.10. The maximum atomic E-state index is 9.15. The molecule has 0 saturated heterocycles. The standard InChI is InChI=1S/C14H23N3O.HI/c1-2-3-4-5-10-16-14(15)17-11-12-6-8-13(18)9-7-12;/h6-9,18H,2-5,10-11H2,1H3,(H3,15,16,17);1H. The van der Waals surface area contributed by atoms with Crippen molar-refractivity contribution in [2.24, 2.45) is 10.7 Å². The van der Waals surface area contributed by atoms with Crippen LogP contribution in [0.4, 0.5) is 0 Å². The number of nitrogens with two attached hydrogens (primary N) is 1. The molecule has 1 aromatic carbocycles. The lowest BCUT2D eigenvalue weighted by atomic mass is 10.2. The van der Waals surface area contributed by atoms with Crippen LogP contribution in [0, 0.1) is 0 Å². The smallest absolute Gasteiger partial charge is 0.188 e. The fourth-order valence-corrected chi connectivity index (χ4v) is 1.60. The molecule has 0 saturated carbocycles. The van der Waals surface area contributed by atoms with Crippen LogP contribution in [0.5, 0.6) is 5.75 Å². The number of nitrogens with zero attached hydrogens (tertiary/aromatic N) is 1. The number of aromatic hydroxyl groups is 1. The third-order valence-corrected chi connectivity index (χ3v) is 2.70. The van der Waals surface area contributed by atoms with Crippen molar-refractivity contribution in [3.05, 3.63) is 29.8 Å². The number of phenols is 1. The highest BCUT2D eigenvalue weighted by Gasteiger charge is 1.94. The fraction of sp³-hybridized carbons (Fsp3) is 0.500. The van der Waals surface area contributed by atoms with Gasteiger partial charge < -0.3 is 16.2 Å². The van der Waals surface area contributed by atoms with E-state index in [0.717, 1.165) is 18.5 Å². The van der Waals surface area contributed by atoms with E-state index in [-0.39, 0.29) is 29.7 Å². The normalized spacial score (nSPS) is 10.9. The van der Waals surface area contributed by atoms with Crippen LogP contribution < -0.4 is 11.1 Å². The molecule has 0 atom stereocenters. The molecule has 0 radical (unpaired) electrons. The summed E-state index contributed by atoms with van der Waals surface area (Å²) in [7, 11) is 0. The van der Waals surface area contributed by atoms with Gasteiger partial charge in [0.25, 0.3) is 0 Å². The average Bonchev–Trinajstić information content (AvgIpc) is 2.38. The number of guanidine groups is 1. The van der Waals surface area contributed by atoms with Crippen LogP contribution in [-0.4, -0.2) is 17.6 Å². The lowest BCUT2D eigenvalue weighted by molar-refractivity contribution is 0.475. The van der Waals surface area contributed by atoms with E-state index in [1.54, 1.807) is 12.1 Å². The van der Waals surface area contributed by atoms with Gasteiger partial charge in [0.1, 0.15) is 5.75 Å². The quantitative estimate of drug-likeness (QED) is 0.296. The number of benzene rings is 1. The van der Waals surface area contributed by atoms with E-state index in [0.29, 0.717) is 12.5 Å². The van der Waals surface area contributed by atoms with E-state index in [9.17, 15) is 0 Å². The minimum absolute atomic E-state index is 0. The van der Waals surface area contributed by atoms with Crippen molar-refractivity contribution < 1.29 is 5.11 Å². The first-order chi connectivity index (χ1) is 8.72. The van der Waals surface area contributed by atoms with Crippen molar-refractivity contribution in [3.8, 4) is 5.75 Å². The van der Waals surface area contributed by atoms with Crippen LogP contribution >= 0.6 is 24.0 Å². The summed E-state index contributed by atoms with van der Waals surface area (Å²) in [5, 5.41) is 12.2. The van der Waals surface area contributed by atoms with Crippen molar-refractivity contribution >= 4 is 29.9 Å². The summed E-state index contributed by atoms with van der Waals surface area (Å²) in [6.45, 7) is 3.61. The Balaban J connectivity index is 0.00000324. The van der Waals surface area contributed by atoms with Gasteiger partial charge in [-0.05, 0) is 24.1 Å². The molecule has 108 valence electrons. The van der Waals surface area contributed by atoms with Gasteiger partial charge in [-0.25, -0.2) is 4.99 Å². The second-order valence-electron chi connectivity index (χ2n) is 4.36. The Kier molecular flexibility index (Phi) is 10.3. The Hall–Kier alpha value is -0.980. The Labute approximate surface area is 132 Å². The molecule has 0 heterocycles. The van der Waals surface area contributed by atoms with Gasteiger partial charge in [-0.15, -0.1) is 24.0 Å². The number of halogens is 1. The first-order valence-electron chi connectivity index (χ1n) is 6.54. The molecule has 1 rings (SSSR count). The van der Waals surface area contributed by atoms with Gasteiger partial charge in [-0.2, -0.15) is 0 Å². The highest BCUT2D eigenvalue weighted by atomic mass is 127. The Morgan fingerprint density at radius 2 is 1.89 bits per heavy atom. The Morgan fingerprint density at radius 1 is 1.21 bits per heavy atom. The predicted octanol–water partition coefficient (Wildman–Crippen LogP) is 2.99. The molecule has 0 aromatic heterocycles. The van der Waals surface area contributed by atoms with Crippen molar-refractivity contribution in [1.82, 2.24) is 5.32 Å². The molecule has 4 nitrogen and oxygen atoms in total. The monoisotopic (exact) mass is 377 g/mol. The summed E-state index contributed by atoms with van der Waals surface area (Å²) in [4.78, 5) is 4.24. The first-order valence-corrected chi connectivity index (χ1v) is 6.54. The van der Waals surface area contributed by atoms with E-state index < -0.39 is 0 Å². The van der Waals surface area contributed by atoms with Gasteiger partial charge >= 0.3 is 0 Å². The molecule has 0 spiro atoms. The molecule has 0 aliphatic heterocycles. The number of rotatable bonds is 7. The van der Waals surface area contributed by atoms with Gasteiger partial charge in [-0.3, -0.25) is 0 Å². The highest BCUT2D eigenvalue weighted by molar-refractivity contribution is 14.0. The number of phenolic OH excluding ortho intramolecular Hbond substituents is 1. The van der Waals surface area contributed by atoms with Gasteiger partial charge in [-0.1, -0.05) is 38.3 Å². The summed E-state index contributed by atoms with van der Waals surface area (Å²) in [5.74, 6) is 0.754. The molecule has 19 heavy (non-hydrogen) atoms. The zero-order valence-electron chi connectivity index (χ0n) is 11.4. The number of hydrogen-bond donors (Lipinski definition) is 3. The van der Waals surface area contributed by atoms with Crippen LogP contribution in [0.1, 0.15) is 38.2 Å². The van der Waals surface area contributed by atoms with Gasteiger partial charge in [0.15, 0.2) is 5.96 Å². The lowest BCUT2D eigenvalue weighted by Crippen LogP contribution is -2.32. The topological polar surface area (TPSA) is 70.6 Å². The maximum Gasteiger partial charge on any atom is 0.188 e. The van der Waals surface area contributed by atoms with Gasteiger partial charge in [0, 0.05) is 6.54 Å². The van der Waals surface area contributed by atoms with E-state index in [4.69, 9.17) is 10.8 Å². The second kappa shape index (κ2) is 10.9. The van der Waals surface area contributed by atoms with E-state index >= 15 is 0 Å². The molecule has 0 aliphatic carbocycles. The zero-order valence-corrected chi connectivity index (χ0v) is 13.8.